The number of piperazine rings is 1. The largest absolute Gasteiger partial charge is 0.337 e. The van der Waals surface area contributed by atoms with Crippen molar-refractivity contribution in [1.82, 2.24) is 19.6 Å². The first-order valence-electron chi connectivity index (χ1n) is 11.6. The molecule has 2 aliphatic heterocycles. The summed E-state index contributed by atoms with van der Waals surface area (Å²) >= 11 is 0. The van der Waals surface area contributed by atoms with Crippen molar-refractivity contribution in [2.24, 2.45) is 0 Å². The number of para-hydroxylation sites is 1. The number of aromatic nitrogens is 2. The van der Waals surface area contributed by atoms with Gasteiger partial charge in [0.2, 0.25) is 5.91 Å². The average Bonchev–Trinajstić information content (AvgIpc) is 3.47. The highest BCUT2D eigenvalue weighted by atomic mass is 32.2. The van der Waals surface area contributed by atoms with Gasteiger partial charge in [0.25, 0.3) is 0 Å². The highest BCUT2D eigenvalue weighted by Gasteiger charge is 2.34. The van der Waals surface area contributed by atoms with Gasteiger partial charge in [-0.1, -0.05) is 48.5 Å². The molecular weight excluding hydrogens is 448 g/mol. The first-order chi connectivity index (χ1) is 16.5. The number of benzene rings is 2. The lowest BCUT2D eigenvalue weighted by atomic mass is 10.1. The molecule has 176 valence electrons. The highest BCUT2D eigenvalue weighted by molar-refractivity contribution is 7.91. The summed E-state index contributed by atoms with van der Waals surface area (Å²) in [7, 11) is -2.90. The molecule has 2 aliphatic rings. The van der Waals surface area contributed by atoms with Gasteiger partial charge in [0.1, 0.15) is 0 Å². The third kappa shape index (κ3) is 4.98. The van der Waals surface area contributed by atoms with E-state index in [0.29, 0.717) is 32.6 Å². The van der Waals surface area contributed by atoms with Gasteiger partial charge in [-0.15, -0.1) is 0 Å². The Bertz CT molecular complexity index is 1280. The Balaban J connectivity index is 1.30. The second-order valence-electron chi connectivity index (χ2n) is 8.83. The monoisotopic (exact) mass is 476 g/mol. The van der Waals surface area contributed by atoms with E-state index in [9.17, 15) is 13.2 Å². The van der Waals surface area contributed by atoms with Crippen molar-refractivity contribution >= 4 is 21.8 Å². The number of carbonyl (C=O) groups excluding carboxylic acids is 1. The van der Waals surface area contributed by atoms with Gasteiger partial charge in [-0.05, 0) is 24.6 Å². The Morgan fingerprint density at radius 1 is 0.941 bits per heavy atom. The predicted octanol–water partition coefficient (Wildman–Crippen LogP) is 2.88. The number of hydrogen-bond acceptors (Lipinski definition) is 5. The van der Waals surface area contributed by atoms with Crippen LogP contribution in [0.25, 0.3) is 23.0 Å². The zero-order valence-corrected chi connectivity index (χ0v) is 19.8. The van der Waals surface area contributed by atoms with Gasteiger partial charge in [-0.25, -0.2) is 13.1 Å². The summed E-state index contributed by atoms with van der Waals surface area (Å²) in [4.78, 5) is 17.0. The van der Waals surface area contributed by atoms with Crippen LogP contribution in [-0.4, -0.2) is 77.6 Å². The summed E-state index contributed by atoms with van der Waals surface area (Å²) in [6.45, 7) is 2.63. The molecule has 0 N–H and O–H groups in total. The zero-order valence-electron chi connectivity index (χ0n) is 19.0. The average molecular weight is 477 g/mol. The molecule has 5 rings (SSSR count). The van der Waals surface area contributed by atoms with Gasteiger partial charge in [0.15, 0.2) is 9.84 Å². The Hall–Kier alpha value is -3.23. The molecule has 3 heterocycles. The molecule has 0 bridgehead atoms. The third-order valence-corrected chi connectivity index (χ3v) is 8.32. The van der Waals surface area contributed by atoms with Gasteiger partial charge in [-0.3, -0.25) is 9.69 Å². The van der Waals surface area contributed by atoms with Crippen LogP contribution < -0.4 is 0 Å². The van der Waals surface area contributed by atoms with Gasteiger partial charge in [0.05, 0.1) is 22.9 Å². The molecule has 0 unspecified atom stereocenters. The minimum Gasteiger partial charge on any atom is -0.337 e. The molecule has 0 spiro atoms. The molecular formula is C26H28N4O3S. The Morgan fingerprint density at radius 3 is 2.26 bits per heavy atom. The van der Waals surface area contributed by atoms with Crippen molar-refractivity contribution < 1.29 is 13.2 Å². The van der Waals surface area contributed by atoms with Crippen LogP contribution in [0.5, 0.6) is 0 Å². The van der Waals surface area contributed by atoms with E-state index in [1.807, 2.05) is 82.5 Å². The van der Waals surface area contributed by atoms with Crippen LogP contribution >= 0.6 is 0 Å². The van der Waals surface area contributed by atoms with E-state index < -0.39 is 9.84 Å². The van der Waals surface area contributed by atoms with E-state index in [-0.39, 0.29) is 23.5 Å². The first-order valence-corrected chi connectivity index (χ1v) is 13.4. The van der Waals surface area contributed by atoms with Crippen molar-refractivity contribution in [2.75, 3.05) is 37.7 Å². The maximum atomic E-state index is 12.9. The van der Waals surface area contributed by atoms with Crippen molar-refractivity contribution in [3.8, 4) is 16.9 Å². The minimum atomic E-state index is -2.90. The van der Waals surface area contributed by atoms with Crippen LogP contribution in [0.1, 0.15) is 12.0 Å². The van der Waals surface area contributed by atoms with Crippen molar-refractivity contribution in [3.63, 3.8) is 0 Å². The number of sulfone groups is 1. The fraction of sp³-hybridized carbons (Fsp3) is 0.308. The van der Waals surface area contributed by atoms with Gasteiger partial charge in [-0.2, -0.15) is 5.10 Å². The molecule has 1 aromatic heterocycles. The maximum Gasteiger partial charge on any atom is 0.246 e. The smallest absolute Gasteiger partial charge is 0.246 e. The quantitative estimate of drug-likeness (QED) is 0.530. The highest BCUT2D eigenvalue weighted by Crippen LogP contribution is 2.25. The fourth-order valence-electron chi connectivity index (χ4n) is 4.68. The van der Waals surface area contributed by atoms with Gasteiger partial charge in [0, 0.05) is 55.6 Å². The van der Waals surface area contributed by atoms with Crippen LogP contribution in [0, 0.1) is 0 Å². The number of rotatable bonds is 5. The molecule has 2 aromatic carbocycles. The van der Waals surface area contributed by atoms with E-state index in [1.54, 1.807) is 6.08 Å². The van der Waals surface area contributed by atoms with Gasteiger partial charge < -0.3 is 4.90 Å². The van der Waals surface area contributed by atoms with Crippen LogP contribution in [0.15, 0.2) is 72.9 Å². The number of amides is 1. The molecule has 1 atom stereocenters. The van der Waals surface area contributed by atoms with Crippen molar-refractivity contribution in [3.05, 3.63) is 78.5 Å². The first kappa shape index (κ1) is 22.6. The third-order valence-electron chi connectivity index (χ3n) is 6.57. The lowest BCUT2D eigenvalue weighted by Gasteiger charge is -2.37. The molecule has 0 radical (unpaired) electrons. The number of hydrogen-bond donors (Lipinski definition) is 0. The number of nitrogens with zero attached hydrogens (tertiary/aromatic N) is 4. The van der Waals surface area contributed by atoms with Crippen LogP contribution in [0.3, 0.4) is 0 Å². The fourth-order valence-corrected chi connectivity index (χ4v) is 6.44. The molecule has 1 amide bonds. The summed E-state index contributed by atoms with van der Waals surface area (Å²) in [6.07, 6.45) is 6.10. The summed E-state index contributed by atoms with van der Waals surface area (Å²) in [5, 5.41) is 4.79. The molecule has 8 heteroatoms. The standard InChI is InChI=1S/C26H28N4O3S/c31-25(29-16-14-28(15-17-29)24-13-18-34(32,33)20-24)12-11-22-19-30(23-9-5-2-6-10-23)27-26(22)21-7-3-1-4-8-21/h1-12,19,24H,13-18,20H2/b12-11+/t24-/m0/s1. The summed E-state index contributed by atoms with van der Waals surface area (Å²) in [5.74, 6) is 0.485. The van der Waals surface area contributed by atoms with E-state index in [1.165, 1.54) is 0 Å². The second-order valence-corrected chi connectivity index (χ2v) is 11.1. The maximum absolute atomic E-state index is 12.9. The lowest BCUT2D eigenvalue weighted by Crippen LogP contribution is -2.52. The minimum absolute atomic E-state index is 0.0369. The van der Waals surface area contributed by atoms with E-state index in [4.69, 9.17) is 5.10 Å². The molecule has 3 aromatic rings. The van der Waals surface area contributed by atoms with E-state index in [2.05, 4.69) is 4.90 Å². The lowest BCUT2D eigenvalue weighted by molar-refractivity contribution is -0.127. The molecule has 0 aliphatic carbocycles. The number of carbonyl (C=O) groups is 1. The predicted molar refractivity (Wildman–Crippen MR) is 133 cm³/mol. The Morgan fingerprint density at radius 2 is 1.62 bits per heavy atom. The Kier molecular flexibility index (Phi) is 6.34. The molecule has 0 saturated carbocycles. The van der Waals surface area contributed by atoms with Gasteiger partial charge >= 0.3 is 0 Å². The van der Waals surface area contributed by atoms with E-state index >= 15 is 0 Å². The summed E-state index contributed by atoms with van der Waals surface area (Å²) in [6, 6.07) is 19.9. The topological polar surface area (TPSA) is 75.5 Å². The second kappa shape index (κ2) is 9.56. The summed E-state index contributed by atoms with van der Waals surface area (Å²) in [5.41, 5.74) is 3.64. The van der Waals surface area contributed by atoms with Crippen molar-refractivity contribution in [1.29, 1.82) is 0 Å². The van der Waals surface area contributed by atoms with Crippen LogP contribution in [0.2, 0.25) is 0 Å². The van der Waals surface area contributed by atoms with E-state index in [0.717, 1.165) is 22.5 Å². The summed E-state index contributed by atoms with van der Waals surface area (Å²) < 4.78 is 25.4. The van der Waals surface area contributed by atoms with Crippen molar-refractivity contribution in [2.45, 2.75) is 12.5 Å². The molecule has 34 heavy (non-hydrogen) atoms. The molecule has 7 nitrogen and oxygen atoms in total. The Labute approximate surface area is 200 Å². The molecule has 2 fully saturated rings. The molecule has 2 saturated heterocycles. The van der Waals surface area contributed by atoms with Crippen LogP contribution in [0.4, 0.5) is 0 Å². The zero-order chi connectivity index (χ0) is 23.5. The van der Waals surface area contributed by atoms with Crippen LogP contribution in [-0.2, 0) is 14.6 Å². The normalized spacial score (nSPS) is 20.7. The SMILES string of the molecule is O=C(/C=C/c1cn(-c2ccccc2)nc1-c1ccccc1)N1CCN([C@H]2CCS(=O)(=O)C2)CC1.